The molecule has 0 fully saturated rings. The van der Waals surface area contributed by atoms with Gasteiger partial charge in [0, 0.05) is 9.86 Å². The van der Waals surface area contributed by atoms with Gasteiger partial charge in [0.15, 0.2) is 5.69 Å². The fourth-order valence-electron chi connectivity index (χ4n) is 1.43. The van der Waals surface area contributed by atoms with E-state index in [0.717, 1.165) is 0 Å². The quantitative estimate of drug-likeness (QED) is 0.739. The maximum Gasteiger partial charge on any atom is 0.434 e. The molecule has 0 atom stereocenters. The van der Waals surface area contributed by atoms with Gasteiger partial charge in [0.05, 0.1) is 5.52 Å². The third-order valence-electron chi connectivity index (χ3n) is 2.04. The largest absolute Gasteiger partial charge is 0.434 e. The summed E-state index contributed by atoms with van der Waals surface area (Å²) in [5.74, 6) is 0.113. The van der Waals surface area contributed by atoms with Crippen LogP contribution in [0.1, 0.15) is 11.5 Å². The number of nitrogens with zero attached hydrogens (tertiary/aromatic N) is 2. The molecule has 0 unspecified atom stereocenters. The SMILES string of the molecule is Cc1nc(C(F)(F)F)c2cc(Br)ccc2n1. The summed E-state index contributed by atoms with van der Waals surface area (Å²) in [6.07, 6.45) is -4.47. The van der Waals surface area contributed by atoms with Crippen LogP contribution in [0.3, 0.4) is 0 Å². The smallest absolute Gasteiger partial charge is 0.233 e. The van der Waals surface area contributed by atoms with E-state index >= 15 is 0 Å². The Bertz CT molecular complexity index is 551. The Morgan fingerprint density at radius 2 is 1.88 bits per heavy atom. The minimum Gasteiger partial charge on any atom is -0.233 e. The van der Waals surface area contributed by atoms with Crippen LogP contribution < -0.4 is 0 Å². The van der Waals surface area contributed by atoms with Crippen LogP contribution in [0.2, 0.25) is 0 Å². The van der Waals surface area contributed by atoms with Crippen LogP contribution in [0, 0.1) is 6.92 Å². The molecule has 0 amide bonds. The molecule has 1 aromatic carbocycles. The predicted octanol–water partition coefficient (Wildman–Crippen LogP) is 3.72. The van der Waals surface area contributed by atoms with E-state index in [1.165, 1.54) is 19.1 Å². The summed E-state index contributed by atoms with van der Waals surface area (Å²) in [4.78, 5) is 7.42. The third-order valence-corrected chi connectivity index (χ3v) is 2.53. The fourth-order valence-corrected chi connectivity index (χ4v) is 1.79. The zero-order valence-electron chi connectivity index (χ0n) is 8.14. The monoisotopic (exact) mass is 290 g/mol. The molecule has 0 aliphatic heterocycles. The number of rotatable bonds is 0. The number of halogens is 4. The highest BCUT2D eigenvalue weighted by Gasteiger charge is 2.35. The third kappa shape index (κ3) is 2.02. The fraction of sp³-hybridized carbons (Fsp3) is 0.200. The molecule has 16 heavy (non-hydrogen) atoms. The molecule has 84 valence electrons. The van der Waals surface area contributed by atoms with Crippen LogP contribution >= 0.6 is 15.9 Å². The lowest BCUT2D eigenvalue weighted by Crippen LogP contribution is -2.10. The van der Waals surface area contributed by atoms with Crippen molar-refractivity contribution in [3.63, 3.8) is 0 Å². The number of hydrogen-bond acceptors (Lipinski definition) is 2. The van der Waals surface area contributed by atoms with E-state index in [1.54, 1.807) is 6.07 Å². The van der Waals surface area contributed by atoms with E-state index in [-0.39, 0.29) is 11.2 Å². The number of benzene rings is 1. The van der Waals surface area contributed by atoms with Gasteiger partial charge in [0.25, 0.3) is 0 Å². The van der Waals surface area contributed by atoms with E-state index < -0.39 is 11.9 Å². The van der Waals surface area contributed by atoms with Crippen LogP contribution in [0.4, 0.5) is 13.2 Å². The van der Waals surface area contributed by atoms with Crippen molar-refractivity contribution in [3.05, 3.63) is 34.2 Å². The Labute approximate surface area is 97.6 Å². The van der Waals surface area contributed by atoms with Crippen molar-refractivity contribution in [2.24, 2.45) is 0 Å². The standard InChI is InChI=1S/C10H6BrF3N2/c1-5-15-8-3-2-6(11)4-7(8)9(16-5)10(12,13)14/h2-4H,1H3. The van der Waals surface area contributed by atoms with Gasteiger partial charge in [-0.1, -0.05) is 15.9 Å². The van der Waals surface area contributed by atoms with Crippen molar-refractivity contribution < 1.29 is 13.2 Å². The van der Waals surface area contributed by atoms with Crippen molar-refractivity contribution in [2.45, 2.75) is 13.1 Å². The summed E-state index contributed by atoms with van der Waals surface area (Å²) >= 11 is 3.13. The van der Waals surface area contributed by atoms with Gasteiger partial charge in [0.1, 0.15) is 5.82 Å². The molecule has 0 bridgehead atoms. The number of fused-ring (bicyclic) bond motifs is 1. The Kier molecular flexibility index (Phi) is 2.61. The molecule has 0 spiro atoms. The van der Waals surface area contributed by atoms with Gasteiger partial charge in [-0.05, 0) is 25.1 Å². The summed E-state index contributed by atoms with van der Waals surface area (Å²) in [5, 5.41) is 0.00692. The highest BCUT2D eigenvalue weighted by Crippen LogP contribution is 2.33. The van der Waals surface area contributed by atoms with Crippen LogP contribution in [0.25, 0.3) is 10.9 Å². The van der Waals surface area contributed by atoms with Crippen LogP contribution in [0.15, 0.2) is 22.7 Å². The second-order valence-electron chi connectivity index (χ2n) is 3.28. The lowest BCUT2D eigenvalue weighted by atomic mass is 10.2. The van der Waals surface area contributed by atoms with E-state index in [4.69, 9.17) is 0 Å². The molecular weight excluding hydrogens is 285 g/mol. The van der Waals surface area contributed by atoms with Crippen molar-refractivity contribution in [1.29, 1.82) is 0 Å². The lowest BCUT2D eigenvalue weighted by Gasteiger charge is -2.10. The molecule has 0 aliphatic rings. The van der Waals surface area contributed by atoms with Crippen molar-refractivity contribution in [2.75, 3.05) is 0 Å². The second-order valence-corrected chi connectivity index (χ2v) is 4.19. The van der Waals surface area contributed by atoms with Gasteiger partial charge in [-0.15, -0.1) is 0 Å². The molecule has 1 heterocycles. The average molecular weight is 291 g/mol. The minimum absolute atomic E-state index is 0.00692. The summed E-state index contributed by atoms with van der Waals surface area (Å²) in [6.45, 7) is 1.44. The molecule has 0 saturated heterocycles. The Hall–Kier alpha value is -1.17. The molecular formula is C10H6BrF3N2. The van der Waals surface area contributed by atoms with Gasteiger partial charge < -0.3 is 0 Å². The zero-order valence-corrected chi connectivity index (χ0v) is 9.72. The van der Waals surface area contributed by atoms with Gasteiger partial charge in [0.2, 0.25) is 0 Å². The topological polar surface area (TPSA) is 25.8 Å². The zero-order chi connectivity index (χ0) is 11.9. The molecule has 0 N–H and O–H groups in total. The molecule has 2 aromatic rings. The Morgan fingerprint density at radius 3 is 2.50 bits per heavy atom. The number of aryl methyl sites for hydroxylation is 1. The van der Waals surface area contributed by atoms with Crippen LogP contribution in [-0.4, -0.2) is 9.97 Å². The van der Waals surface area contributed by atoms with Crippen LogP contribution in [-0.2, 0) is 6.18 Å². The van der Waals surface area contributed by atoms with Crippen molar-refractivity contribution in [3.8, 4) is 0 Å². The maximum absolute atomic E-state index is 12.7. The van der Waals surface area contributed by atoms with E-state index in [1.807, 2.05) is 0 Å². The molecule has 2 nitrogen and oxygen atoms in total. The predicted molar refractivity (Wildman–Crippen MR) is 57.0 cm³/mol. The highest BCUT2D eigenvalue weighted by molar-refractivity contribution is 9.10. The molecule has 6 heteroatoms. The number of alkyl halides is 3. The van der Waals surface area contributed by atoms with Crippen molar-refractivity contribution in [1.82, 2.24) is 9.97 Å². The first kappa shape index (κ1) is 11.3. The minimum atomic E-state index is -4.47. The molecule has 2 rings (SSSR count). The molecule has 0 saturated carbocycles. The van der Waals surface area contributed by atoms with Gasteiger partial charge >= 0.3 is 6.18 Å². The van der Waals surface area contributed by atoms with Gasteiger partial charge in [-0.3, -0.25) is 0 Å². The highest BCUT2D eigenvalue weighted by atomic mass is 79.9. The van der Waals surface area contributed by atoms with E-state index in [0.29, 0.717) is 9.99 Å². The normalized spacial score (nSPS) is 12.1. The second kappa shape index (κ2) is 3.69. The van der Waals surface area contributed by atoms with E-state index in [9.17, 15) is 13.2 Å². The summed E-state index contributed by atoms with van der Waals surface area (Å²) in [6, 6.07) is 4.55. The summed E-state index contributed by atoms with van der Waals surface area (Å²) < 4.78 is 38.7. The number of hydrogen-bond donors (Lipinski definition) is 0. The van der Waals surface area contributed by atoms with Crippen LogP contribution in [0.5, 0.6) is 0 Å². The summed E-state index contributed by atoms with van der Waals surface area (Å²) in [7, 11) is 0. The lowest BCUT2D eigenvalue weighted by molar-refractivity contribution is -0.139. The first-order valence-corrected chi connectivity index (χ1v) is 5.18. The average Bonchev–Trinajstić information content (AvgIpc) is 2.16. The molecule has 0 aliphatic carbocycles. The molecule has 0 radical (unpaired) electrons. The summed E-state index contributed by atoms with van der Waals surface area (Å²) in [5.41, 5.74) is -0.598. The van der Waals surface area contributed by atoms with Gasteiger partial charge in [-0.25, -0.2) is 9.97 Å². The Balaban J connectivity index is 2.85. The Morgan fingerprint density at radius 1 is 1.19 bits per heavy atom. The maximum atomic E-state index is 12.7. The number of aromatic nitrogens is 2. The van der Waals surface area contributed by atoms with Crippen molar-refractivity contribution >= 4 is 26.8 Å². The molecule has 1 aromatic heterocycles. The first-order valence-electron chi connectivity index (χ1n) is 4.39. The first-order chi connectivity index (χ1) is 7.38. The van der Waals surface area contributed by atoms with E-state index in [2.05, 4.69) is 25.9 Å². The van der Waals surface area contributed by atoms with Gasteiger partial charge in [-0.2, -0.15) is 13.2 Å².